The van der Waals surface area contributed by atoms with Crippen LogP contribution in [-0.4, -0.2) is 6.61 Å². The summed E-state index contributed by atoms with van der Waals surface area (Å²) in [6, 6.07) is 4.10. The number of nitrogens with one attached hydrogen (secondary N) is 1. The molecule has 1 aromatic heterocycles. The van der Waals surface area contributed by atoms with Gasteiger partial charge in [-0.15, -0.1) is 0 Å². The summed E-state index contributed by atoms with van der Waals surface area (Å²) in [6.45, 7) is 5.53. The van der Waals surface area contributed by atoms with Crippen molar-refractivity contribution in [3.63, 3.8) is 0 Å². The Morgan fingerprint density at radius 1 is 1.57 bits per heavy atom. The van der Waals surface area contributed by atoms with Crippen LogP contribution >= 0.6 is 0 Å². The zero-order chi connectivity index (χ0) is 9.97. The fourth-order valence-corrected chi connectivity index (χ4v) is 1.63. The van der Waals surface area contributed by atoms with Crippen LogP contribution in [0.15, 0.2) is 16.5 Å². The molecular formula is C11H17NO2. The highest BCUT2D eigenvalue weighted by Crippen LogP contribution is 2.47. The average Bonchev–Trinajstić information content (AvgIpc) is 2.74. The van der Waals surface area contributed by atoms with Gasteiger partial charge in [0, 0.05) is 5.92 Å². The quantitative estimate of drug-likeness (QED) is 0.579. The third-order valence-electron chi connectivity index (χ3n) is 2.65. The lowest BCUT2D eigenvalue weighted by Crippen LogP contribution is -2.12. The van der Waals surface area contributed by atoms with Crippen LogP contribution in [-0.2, 0) is 11.4 Å². The SMILES string of the molecule is CCONCc1ccc(C2CC2C)o1. The second-order valence-corrected chi connectivity index (χ2v) is 3.88. The summed E-state index contributed by atoms with van der Waals surface area (Å²) in [5.74, 6) is 3.54. The smallest absolute Gasteiger partial charge is 0.120 e. The molecule has 1 fully saturated rings. The molecule has 1 aromatic rings. The van der Waals surface area contributed by atoms with E-state index >= 15 is 0 Å². The molecule has 78 valence electrons. The normalized spacial score (nSPS) is 25.3. The van der Waals surface area contributed by atoms with Gasteiger partial charge in [0.15, 0.2) is 0 Å². The molecule has 3 heteroatoms. The first-order valence-electron chi connectivity index (χ1n) is 5.24. The van der Waals surface area contributed by atoms with Gasteiger partial charge in [0.2, 0.25) is 0 Å². The van der Waals surface area contributed by atoms with E-state index in [2.05, 4.69) is 18.5 Å². The molecule has 0 amide bonds. The molecule has 1 aliphatic rings. The largest absolute Gasteiger partial charge is 0.464 e. The molecule has 2 unspecified atom stereocenters. The van der Waals surface area contributed by atoms with Crippen LogP contribution in [0.25, 0.3) is 0 Å². The zero-order valence-corrected chi connectivity index (χ0v) is 8.75. The van der Waals surface area contributed by atoms with Crippen LogP contribution < -0.4 is 5.48 Å². The Bertz CT molecular complexity index is 295. The fourth-order valence-electron chi connectivity index (χ4n) is 1.63. The van der Waals surface area contributed by atoms with Crippen molar-refractivity contribution in [3.8, 4) is 0 Å². The molecule has 3 nitrogen and oxygen atoms in total. The molecule has 1 heterocycles. The summed E-state index contributed by atoms with van der Waals surface area (Å²) < 4.78 is 5.68. The van der Waals surface area contributed by atoms with E-state index in [1.165, 1.54) is 6.42 Å². The second-order valence-electron chi connectivity index (χ2n) is 3.88. The maximum Gasteiger partial charge on any atom is 0.120 e. The van der Waals surface area contributed by atoms with Crippen molar-refractivity contribution in [3.05, 3.63) is 23.7 Å². The minimum Gasteiger partial charge on any atom is -0.464 e. The average molecular weight is 195 g/mol. The first kappa shape index (κ1) is 9.74. The maximum atomic E-state index is 5.68. The van der Waals surface area contributed by atoms with Gasteiger partial charge in [0.25, 0.3) is 0 Å². The summed E-state index contributed by atoms with van der Waals surface area (Å²) in [5, 5.41) is 0. The van der Waals surface area contributed by atoms with Crippen molar-refractivity contribution >= 4 is 0 Å². The highest BCUT2D eigenvalue weighted by Gasteiger charge is 2.36. The number of hydrogen-bond donors (Lipinski definition) is 1. The van der Waals surface area contributed by atoms with E-state index < -0.39 is 0 Å². The Hall–Kier alpha value is -0.800. The van der Waals surface area contributed by atoms with Gasteiger partial charge >= 0.3 is 0 Å². The van der Waals surface area contributed by atoms with Crippen molar-refractivity contribution in [1.82, 2.24) is 5.48 Å². The fraction of sp³-hybridized carbons (Fsp3) is 0.636. The molecule has 0 saturated heterocycles. The van der Waals surface area contributed by atoms with Crippen LogP contribution in [0.5, 0.6) is 0 Å². The summed E-state index contributed by atoms with van der Waals surface area (Å²) in [5.41, 5.74) is 2.84. The van der Waals surface area contributed by atoms with Crippen molar-refractivity contribution in [2.24, 2.45) is 5.92 Å². The first-order valence-corrected chi connectivity index (χ1v) is 5.24. The Balaban J connectivity index is 1.84. The van der Waals surface area contributed by atoms with Gasteiger partial charge in [0.05, 0.1) is 13.2 Å². The highest BCUT2D eigenvalue weighted by atomic mass is 16.6. The summed E-state index contributed by atoms with van der Waals surface area (Å²) >= 11 is 0. The summed E-state index contributed by atoms with van der Waals surface area (Å²) in [4.78, 5) is 5.03. The molecular weight excluding hydrogens is 178 g/mol. The molecule has 14 heavy (non-hydrogen) atoms. The molecule has 0 spiro atoms. The first-order chi connectivity index (χ1) is 6.81. The molecule has 0 radical (unpaired) electrons. The van der Waals surface area contributed by atoms with Gasteiger partial charge in [-0.3, -0.25) is 0 Å². The van der Waals surface area contributed by atoms with Gasteiger partial charge in [0.1, 0.15) is 11.5 Å². The summed E-state index contributed by atoms with van der Waals surface area (Å²) in [7, 11) is 0. The molecule has 0 bridgehead atoms. The van der Waals surface area contributed by atoms with Crippen LogP contribution in [0.2, 0.25) is 0 Å². The minimum absolute atomic E-state index is 0.648. The molecule has 2 rings (SSSR count). The van der Waals surface area contributed by atoms with Gasteiger partial charge in [-0.1, -0.05) is 6.92 Å². The topological polar surface area (TPSA) is 34.4 Å². The van der Waals surface area contributed by atoms with Gasteiger partial charge in [-0.25, -0.2) is 0 Å². The molecule has 1 aliphatic carbocycles. The van der Waals surface area contributed by atoms with Crippen molar-refractivity contribution in [1.29, 1.82) is 0 Å². The van der Waals surface area contributed by atoms with E-state index in [9.17, 15) is 0 Å². The Labute approximate surface area is 84.4 Å². The van der Waals surface area contributed by atoms with E-state index in [1.54, 1.807) is 0 Å². The lowest BCUT2D eigenvalue weighted by atomic mass is 10.3. The molecule has 1 N–H and O–H groups in total. The van der Waals surface area contributed by atoms with Crippen molar-refractivity contribution in [2.45, 2.75) is 32.7 Å². The van der Waals surface area contributed by atoms with E-state index in [1.807, 2.05) is 13.0 Å². The lowest BCUT2D eigenvalue weighted by molar-refractivity contribution is 0.0423. The van der Waals surface area contributed by atoms with Gasteiger partial charge in [-0.05, 0) is 31.4 Å². The Kier molecular flexibility index (Phi) is 2.89. The van der Waals surface area contributed by atoms with E-state index in [-0.39, 0.29) is 0 Å². The van der Waals surface area contributed by atoms with Gasteiger partial charge < -0.3 is 9.25 Å². The summed E-state index contributed by atoms with van der Waals surface area (Å²) in [6.07, 6.45) is 1.27. The predicted octanol–water partition coefficient (Wildman–Crippen LogP) is 2.44. The van der Waals surface area contributed by atoms with E-state index in [4.69, 9.17) is 9.25 Å². The van der Waals surface area contributed by atoms with Crippen LogP contribution in [0.1, 0.15) is 37.7 Å². The monoisotopic (exact) mass is 195 g/mol. The molecule has 0 aliphatic heterocycles. The van der Waals surface area contributed by atoms with E-state index in [0.29, 0.717) is 19.1 Å². The van der Waals surface area contributed by atoms with Crippen molar-refractivity contribution in [2.75, 3.05) is 6.61 Å². The second kappa shape index (κ2) is 4.15. The standard InChI is InChI=1S/C11H17NO2/c1-3-13-12-7-9-4-5-11(14-9)10-6-8(10)2/h4-5,8,10,12H,3,6-7H2,1-2H3. The third-order valence-corrected chi connectivity index (χ3v) is 2.65. The van der Waals surface area contributed by atoms with E-state index in [0.717, 1.165) is 17.4 Å². The lowest BCUT2D eigenvalue weighted by Gasteiger charge is -1.99. The highest BCUT2D eigenvalue weighted by molar-refractivity contribution is 5.17. The predicted molar refractivity (Wildman–Crippen MR) is 53.7 cm³/mol. The number of hydrogen-bond acceptors (Lipinski definition) is 3. The Morgan fingerprint density at radius 3 is 3.00 bits per heavy atom. The molecule has 2 atom stereocenters. The van der Waals surface area contributed by atoms with Crippen LogP contribution in [0.4, 0.5) is 0 Å². The minimum atomic E-state index is 0.648. The molecule has 1 saturated carbocycles. The maximum absolute atomic E-state index is 5.68. The zero-order valence-electron chi connectivity index (χ0n) is 8.75. The number of furan rings is 1. The molecule has 0 aromatic carbocycles. The number of hydroxylamine groups is 1. The van der Waals surface area contributed by atoms with Crippen molar-refractivity contribution < 1.29 is 9.25 Å². The number of rotatable bonds is 5. The van der Waals surface area contributed by atoms with Crippen LogP contribution in [0.3, 0.4) is 0 Å². The third kappa shape index (κ3) is 2.16. The van der Waals surface area contributed by atoms with Gasteiger partial charge in [-0.2, -0.15) is 5.48 Å². The van der Waals surface area contributed by atoms with Crippen LogP contribution in [0, 0.1) is 5.92 Å². The Morgan fingerprint density at radius 2 is 2.36 bits per heavy atom.